The first-order valence-corrected chi connectivity index (χ1v) is 7.54. The van der Waals surface area contributed by atoms with E-state index >= 15 is 0 Å². The standard InChI is InChI=1S/C12H10BrClN2OS/c13-5-11(17)8-1-3-9(4-2-8)15-6-10-7-16-12(14)18-10/h1-4,7,15H,5-6H2. The zero-order valence-electron chi connectivity index (χ0n) is 9.32. The summed E-state index contributed by atoms with van der Waals surface area (Å²) >= 11 is 10.4. The van der Waals surface area contributed by atoms with Gasteiger partial charge in [-0.15, -0.1) is 11.3 Å². The molecule has 18 heavy (non-hydrogen) atoms. The number of alkyl halides is 1. The van der Waals surface area contributed by atoms with Crippen molar-refractivity contribution in [1.82, 2.24) is 4.98 Å². The maximum absolute atomic E-state index is 11.4. The lowest BCUT2D eigenvalue weighted by atomic mass is 10.1. The van der Waals surface area contributed by atoms with Crippen LogP contribution in [-0.4, -0.2) is 16.1 Å². The summed E-state index contributed by atoms with van der Waals surface area (Å²) in [5, 5.41) is 3.59. The Kier molecular flexibility index (Phi) is 4.74. The van der Waals surface area contributed by atoms with Crippen molar-refractivity contribution in [1.29, 1.82) is 0 Å². The van der Waals surface area contributed by atoms with Gasteiger partial charge in [0.1, 0.15) is 0 Å². The molecule has 0 saturated carbocycles. The van der Waals surface area contributed by atoms with E-state index in [0.717, 1.165) is 10.6 Å². The van der Waals surface area contributed by atoms with Gasteiger partial charge in [-0.3, -0.25) is 4.79 Å². The Hall–Kier alpha value is -0.910. The van der Waals surface area contributed by atoms with E-state index in [1.54, 1.807) is 6.20 Å². The Bertz CT molecular complexity index is 541. The molecule has 1 aromatic carbocycles. The van der Waals surface area contributed by atoms with Gasteiger partial charge < -0.3 is 5.32 Å². The van der Waals surface area contributed by atoms with Crippen LogP contribution in [0.2, 0.25) is 4.47 Å². The molecule has 0 saturated heterocycles. The van der Waals surface area contributed by atoms with Gasteiger partial charge in [0, 0.05) is 22.3 Å². The fraction of sp³-hybridized carbons (Fsp3) is 0.167. The lowest BCUT2D eigenvalue weighted by Gasteiger charge is -2.05. The van der Waals surface area contributed by atoms with E-state index in [9.17, 15) is 4.79 Å². The number of halogens is 2. The number of rotatable bonds is 5. The number of carbonyl (C=O) groups excluding carboxylic acids is 1. The van der Waals surface area contributed by atoms with E-state index in [1.807, 2.05) is 24.3 Å². The molecule has 0 radical (unpaired) electrons. The highest BCUT2D eigenvalue weighted by Gasteiger charge is 2.03. The maximum Gasteiger partial charge on any atom is 0.183 e. The molecule has 0 spiro atoms. The van der Waals surface area contributed by atoms with Crippen LogP contribution in [0.3, 0.4) is 0 Å². The number of Topliss-reactive ketones (excluding diaryl/α,β-unsaturated/α-hetero) is 1. The minimum Gasteiger partial charge on any atom is -0.380 e. The summed E-state index contributed by atoms with van der Waals surface area (Å²) in [4.78, 5) is 16.5. The minimum atomic E-state index is 0.0794. The first-order valence-electron chi connectivity index (χ1n) is 5.22. The third-order valence-corrected chi connectivity index (χ3v) is 3.94. The first-order chi connectivity index (χ1) is 8.69. The Morgan fingerprint density at radius 3 is 2.67 bits per heavy atom. The SMILES string of the molecule is O=C(CBr)c1ccc(NCc2cnc(Cl)s2)cc1. The second-order valence-corrected chi connectivity index (χ2v) is 5.83. The molecule has 0 atom stereocenters. The van der Waals surface area contributed by atoms with Gasteiger partial charge >= 0.3 is 0 Å². The molecule has 0 aliphatic rings. The average Bonchev–Trinajstić information content (AvgIpc) is 2.82. The minimum absolute atomic E-state index is 0.0794. The van der Waals surface area contributed by atoms with Crippen LogP contribution in [0, 0.1) is 0 Å². The number of anilines is 1. The maximum atomic E-state index is 11.4. The van der Waals surface area contributed by atoms with Crippen LogP contribution in [0.1, 0.15) is 15.2 Å². The highest BCUT2D eigenvalue weighted by atomic mass is 79.9. The van der Waals surface area contributed by atoms with Crippen molar-refractivity contribution < 1.29 is 4.79 Å². The average molecular weight is 346 g/mol. The molecule has 0 aliphatic heterocycles. The van der Waals surface area contributed by atoms with Crippen LogP contribution in [0.5, 0.6) is 0 Å². The van der Waals surface area contributed by atoms with Gasteiger partial charge in [-0.2, -0.15) is 0 Å². The van der Waals surface area contributed by atoms with Crippen LogP contribution in [0.15, 0.2) is 30.5 Å². The fourth-order valence-electron chi connectivity index (χ4n) is 1.41. The Labute approximate surface area is 122 Å². The van der Waals surface area contributed by atoms with Crippen molar-refractivity contribution in [2.24, 2.45) is 0 Å². The molecule has 0 amide bonds. The number of thiazole rings is 1. The molecule has 0 bridgehead atoms. The van der Waals surface area contributed by atoms with E-state index in [-0.39, 0.29) is 5.78 Å². The predicted molar refractivity (Wildman–Crippen MR) is 79.0 cm³/mol. The van der Waals surface area contributed by atoms with Crippen molar-refractivity contribution in [3.8, 4) is 0 Å². The number of aromatic nitrogens is 1. The highest BCUT2D eigenvalue weighted by molar-refractivity contribution is 9.09. The molecule has 3 nitrogen and oxygen atoms in total. The van der Waals surface area contributed by atoms with Crippen molar-refractivity contribution >= 4 is 50.3 Å². The van der Waals surface area contributed by atoms with Gasteiger partial charge in [-0.1, -0.05) is 27.5 Å². The molecule has 1 N–H and O–H groups in total. The van der Waals surface area contributed by atoms with E-state index in [2.05, 4.69) is 26.2 Å². The summed E-state index contributed by atoms with van der Waals surface area (Å²) in [6, 6.07) is 7.40. The largest absolute Gasteiger partial charge is 0.380 e. The van der Waals surface area contributed by atoms with Gasteiger partial charge in [0.2, 0.25) is 0 Å². The van der Waals surface area contributed by atoms with Gasteiger partial charge in [-0.05, 0) is 24.3 Å². The second-order valence-electron chi connectivity index (χ2n) is 3.57. The molecule has 0 fully saturated rings. The number of nitrogens with one attached hydrogen (secondary N) is 1. The molecule has 1 aromatic heterocycles. The molecule has 1 heterocycles. The highest BCUT2D eigenvalue weighted by Crippen LogP contribution is 2.19. The van der Waals surface area contributed by atoms with Gasteiger partial charge in [0.05, 0.1) is 11.9 Å². The molecule has 0 unspecified atom stereocenters. The van der Waals surface area contributed by atoms with Gasteiger partial charge in [0.25, 0.3) is 0 Å². The smallest absolute Gasteiger partial charge is 0.183 e. The number of benzene rings is 1. The molecule has 94 valence electrons. The molecule has 2 aromatic rings. The van der Waals surface area contributed by atoms with E-state index in [0.29, 0.717) is 21.9 Å². The Balaban J connectivity index is 1.96. The Morgan fingerprint density at radius 2 is 2.11 bits per heavy atom. The normalized spacial score (nSPS) is 10.3. The topological polar surface area (TPSA) is 42.0 Å². The number of hydrogen-bond donors (Lipinski definition) is 1. The third kappa shape index (κ3) is 3.54. The fourth-order valence-corrected chi connectivity index (χ4v) is 2.65. The molecule has 2 rings (SSSR count). The van der Waals surface area contributed by atoms with E-state index < -0.39 is 0 Å². The van der Waals surface area contributed by atoms with Gasteiger partial charge in [-0.25, -0.2) is 4.98 Å². The van der Waals surface area contributed by atoms with Gasteiger partial charge in [0.15, 0.2) is 10.3 Å². The van der Waals surface area contributed by atoms with E-state index in [4.69, 9.17) is 11.6 Å². The van der Waals surface area contributed by atoms with Crippen LogP contribution in [-0.2, 0) is 6.54 Å². The number of ketones is 1. The summed E-state index contributed by atoms with van der Waals surface area (Å²) in [7, 11) is 0. The van der Waals surface area contributed by atoms with E-state index in [1.165, 1.54) is 11.3 Å². The molecular formula is C12H10BrClN2OS. The van der Waals surface area contributed by atoms with Crippen molar-refractivity contribution in [3.05, 3.63) is 45.4 Å². The molecule has 6 heteroatoms. The van der Waals surface area contributed by atoms with Crippen LogP contribution in [0.25, 0.3) is 0 Å². The quantitative estimate of drug-likeness (QED) is 0.658. The van der Waals surface area contributed by atoms with Crippen molar-refractivity contribution in [3.63, 3.8) is 0 Å². The molecule has 0 aliphatic carbocycles. The van der Waals surface area contributed by atoms with Crippen LogP contribution in [0.4, 0.5) is 5.69 Å². The predicted octanol–water partition coefficient (Wildman–Crippen LogP) is 3.99. The Morgan fingerprint density at radius 1 is 1.39 bits per heavy atom. The summed E-state index contributed by atoms with van der Waals surface area (Å²) < 4.78 is 0.546. The summed E-state index contributed by atoms with van der Waals surface area (Å²) in [5.41, 5.74) is 1.67. The third-order valence-electron chi connectivity index (χ3n) is 2.32. The second kappa shape index (κ2) is 6.31. The number of carbonyl (C=O) groups is 1. The molecular weight excluding hydrogens is 336 g/mol. The van der Waals surface area contributed by atoms with Crippen molar-refractivity contribution in [2.75, 3.05) is 10.6 Å². The zero-order chi connectivity index (χ0) is 13.0. The zero-order valence-corrected chi connectivity index (χ0v) is 12.5. The first kappa shape index (κ1) is 13.5. The lowest BCUT2D eigenvalue weighted by Crippen LogP contribution is -2.01. The van der Waals surface area contributed by atoms with Crippen LogP contribution >= 0.6 is 38.9 Å². The summed E-state index contributed by atoms with van der Waals surface area (Å²) in [5.74, 6) is 0.0794. The number of nitrogens with zero attached hydrogens (tertiary/aromatic N) is 1. The summed E-state index contributed by atoms with van der Waals surface area (Å²) in [6.45, 7) is 0.677. The lowest BCUT2D eigenvalue weighted by molar-refractivity contribution is 0.102. The van der Waals surface area contributed by atoms with Crippen LogP contribution < -0.4 is 5.32 Å². The monoisotopic (exact) mass is 344 g/mol. The number of hydrogen-bond acceptors (Lipinski definition) is 4. The summed E-state index contributed by atoms with van der Waals surface area (Å²) in [6.07, 6.45) is 1.75. The van der Waals surface area contributed by atoms with Crippen molar-refractivity contribution in [2.45, 2.75) is 6.54 Å².